The molecular formula is C14H18N2. The summed E-state index contributed by atoms with van der Waals surface area (Å²) < 4.78 is 0. The Labute approximate surface area is 97.5 Å². The van der Waals surface area contributed by atoms with Crippen LogP contribution in [0.3, 0.4) is 0 Å². The van der Waals surface area contributed by atoms with Crippen molar-refractivity contribution < 1.29 is 0 Å². The highest BCUT2D eigenvalue weighted by Gasteiger charge is 2.27. The van der Waals surface area contributed by atoms with Gasteiger partial charge in [0.1, 0.15) is 6.07 Å². The summed E-state index contributed by atoms with van der Waals surface area (Å²) in [6, 6.07) is 8.35. The summed E-state index contributed by atoms with van der Waals surface area (Å²) in [7, 11) is 0. The van der Waals surface area contributed by atoms with Crippen molar-refractivity contribution in [1.82, 2.24) is 0 Å². The van der Waals surface area contributed by atoms with Gasteiger partial charge in [-0.05, 0) is 36.5 Å². The van der Waals surface area contributed by atoms with Crippen molar-refractivity contribution in [2.75, 3.05) is 18.0 Å². The SMILES string of the molecule is Cc1ccc(C#N)c(N2CC(C)C(C)C2)c1. The molecular weight excluding hydrogens is 196 g/mol. The first kappa shape index (κ1) is 11.0. The maximum Gasteiger partial charge on any atom is 0.101 e. The molecule has 0 aliphatic carbocycles. The van der Waals surface area contributed by atoms with Gasteiger partial charge in [-0.1, -0.05) is 19.9 Å². The van der Waals surface area contributed by atoms with Gasteiger partial charge in [-0.15, -0.1) is 0 Å². The Morgan fingerprint density at radius 3 is 2.44 bits per heavy atom. The van der Waals surface area contributed by atoms with E-state index in [1.165, 1.54) is 5.56 Å². The van der Waals surface area contributed by atoms with Gasteiger partial charge in [-0.25, -0.2) is 0 Å². The summed E-state index contributed by atoms with van der Waals surface area (Å²) in [6.45, 7) is 8.78. The molecule has 1 aromatic rings. The lowest BCUT2D eigenvalue weighted by molar-refractivity contribution is 0.494. The fourth-order valence-electron chi connectivity index (χ4n) is 2.32. The molecule has 0 bridgehead atoms. The molecule has 2 heteroatoms. The number of aryl methyl sites for hydroxylation is 1. The zero-order valence-corrected chi connectivity index (χ0v) is 10.2. The molecule has 2 nitrogen and oxygen atoms in total. The molecule has 1 fully saturated rings. The van der Waals surface area contributed by atoms with Crippen LogP contribution in [0.5, 0.6) is 0 Å². The maximum absolute atomic E-state index is 9.12. The van der Waals surface area contributed by atoms with Crippen molar-refractivity contribution in [3.05, 3.63) is 29.3 Å². The summed E-state index contributed by atoms with van der Waals surface area (Å²) in [5.41, 5.74) is 3.13. The second-order valence-electron chi connectivity index (χ2n) is 4.99. The van der Waals surface area contributed by atoms with Crippen LogP contribution in [-0.2, 0) is 0 Å². The van der Waals surface area contributed by atoms with Gasteiger partial charge in [0.25, 0.3) is 0 Å². The molecule has 2 rings (SSSR count). The number of hydrogen-bond donors (Lipinski definition) is 0. The summed E-state index contributed by atoms with van der Waals surface area (Å²) in [4.78, 5) is 2.35. The first-order valence-electron chi connectivity index (χ1n) is 5.87. The first-order valence-corrected chi connectivity index (χ1v) is 5.87. The first-order chi connectivity index (χ1) is 7.61. The van der Waals surface area contributed by atoms with Gasteiger partial charge >= 0.3 is 0 Å². The molecule has 2 atom stereocenters. The summed E-state index contributed by atoms with van der Waals surface area (Å²) in [5.74, 6) is 1.43. The van der Waals surface area contributed by atoms with E-state index in [2.05, 4.69) is 37.8 Å². The van der Waals surface area contributed by atoms with Crippen molar-refractivity contribution in [2.45, 2.75) is 20.8 Å². The van der Waals surface area contributed by atoms with E-state index >= 15 is 0 Å². The molecule has 1 heterocycles. The average molecular weight is 214 g/mol. The lowest BCUT2D eigenvalue weighted by atomic mass is 10.0. The maximum atomic E-state index is 9.12. The minimum atomic E-state index is 0.715. The highest BCUT2D eigenvalue weighted by molar-refractivity contribution is 5.61. The summed E-state index contributed by atoms with van der Waals surface area (Å²) in [5, 5.41) is 9.12. The zero-order chi connectivity index (χ0) is 11.7. The molecule has 1 saturated heterocycles. The van der Waals surface area contributed by atoms with Crippen molar-refractivity contribution in [2.24, 2.45) is 11.8 Å². The van der Waals surface area contributed by atoms with Crippen LogP contribution in [0.4, 0.5) is 5.69 Å². The third-order valence-electron chi connectivity index (χ3n) is 3.60. The summed E-state index contributed by atoms with van der Waals surface area (Å²) >= 11 is 0. The van der Waals surface area contributed by atoms with Crippen LogP contribution in [0.15, 0.2) is 18.2 Å². The fourth-order valence-corrected chi connectivity index (χ4v) is 2.32. The summed E-state index contributed by atoms with van der Waals surface area (Å²) in [6.07, 6.45) is 0. The van der Waals surface area contributed by atoms with E-state index in [1.54, 1.807) is 0 Å². The van der Waals surface area contributed by atoms with E-state index in [-0.39, 0.29) is 0 Å². The Balaban J connectivity index is 2.34. The van der Waals surface area contributed by atoms with Crippen molar-refractivity contribution in [3.8, 4) is 6.07 Å². The van der Waals surface area contributed by atoms with E-state index in [0.717, 1.165) is 24.3 Å². The molecule has 1 aliphatic heterocycles. The van der Waals surface area contributed by atoms with Gasteiger partial charge < -0.3 is 4.90 Å². The normalized spacial score (nSPS) is 24.5. The third-order valence-corrected chi connectivity index (χ3v) is 3.60. The predicted octanol–water partition coefficient (Wildman–Crippen LogP) is 2.96. The van der Waals surface area contributed by atoms with E-state index in [1.807, 2.05) is 12.1 Å². The molecule has 0 saturated carbocycles. The number of nitrogens with zero attached hydrogens (tertiary/aromatic N) is 2. The van der Waals surface area contributed by atoms with E-state index in [4.69, 9.17) is 5.26 Å². The van der Waals surface area contributed by atoms with Crippen LogP contribution in [0.25, 0.3) is 0 Å². The van der Waals surface area contributed by atoms with Crippen LogP contribution in [-0.4, -0.2) is 13.1 Å². The highest BCUT2D eigenvalue weighted by atomic mass is 15.2. The van der Waals surface area contributed by atoms with Gasteiger partial charge in [0, 0.05) is 13.1 Å². The van der Waals surface area contributed by atoms with Gasteiger partial charge in [0.05, 0.1) is 11.3 Å². The molecule has 1 aromatic carbocycles. The number of benzene rings is 1. The van der Waals surface area contributed by atoms with Gasteiger partial charge in [-0.3, -0.25) is 0 Å². The smallest absolute Gasteiger partial charge is 0.101 e. The number of nitriles is 1. The lowest BCUT2D eigenvalue weighted by Crippen LogP contribution is -2.20. The van der Waals surface area contributed by atoms with E-state index < -0.39 is 0 Å². The Hall–Kier alpha value is -1.49. The zero-order valence-electron chi connectivity index (χ0n) is 10.2. The Bertz CT molecular complexity index is 421. The monoisotopic (exact) mass is 214 g/mol. The van der Waals surface area contributed by atoms with Gasteiger partial charge in [0.15, 0.2) is 0 Å². The minimum Gasteiger partial charge on any atom is -0.370 e. The second kappa shape index (κ2) is 4.17. The molecule has 84 valence electrons. The average Bonchev–Trinajstić information content (AvgIpc) is 2.59. The van der Waals surface area contributed by atoms with E-state index in [0.29, 0.717) is 11.8 Å². The quantitative estimate of drug-likeness (QED) is 0.718. The standard InChI is InChI=1S/C14H18N2/c1-10-4-5-13(7-15)14(6-10)16-8-11(2)12(3)9-16/h4-6,11-12H,8-9H2,1-3H3. The van der Waals surface area contributed by atoms with E-state index in [9.17, 15) is 0 Å². The molecule has 0 N–H and O–H groups in total. The molecule has 2 unspecified atom stereocenters. The number of rotatable bonds is 1. The van der Waals surface area contributed by atoms with Crippen LogP contribution in [0.2, 0.25) is 0 Å². The predicted molar refractivity (Wildman–Crippen MR) is 66.4 cm³/mol. The van der Waals surface area contributed by atoms with Crippen LogP contribution < -0.4 is 4.90 Å². The highest BCUT2D eigenvalue weighted by Crippen LogP contribution is 2.30. The molecule has 0 aromatic heterocycles. The Morgan fingerprint density at radius 1 is 1.25 bits per heavy atom. The van der Waals surface area contributed by atoms with Crippen LogP contribution >= 0.6 is 0 Å². The lowest BCUT2D eigenvalue weighted by Gasteiger charge is -2.20. The van der Waals surface area contributed by atoms with Gasteiger partial charge in [0.2, 0.25) is 0 Å². The molecule has 0 spiro atoms. The van der Waals surface area contributed by atoms with Crippen molar-refractivity contribution in [1.29, 1.82) is 5.26 Å². The molecule has 0 radical (unpaired) electrons. The minimum absolute atomic E-state index is 0.715. The van der Waals surface area contributed by atoms with Gasteiger partial charge in [-0.2, -0.15) is 5.26 Å². The molecule has 0 amide bonds. The largest absolute Gasteiger partial charge is 0.370 e. The fraction of sp³-hybridized carbons (Fsp3) is 0.500. The van der Waals surface area contributed by atoms with Crippen molar-refractivity contribution >= 4 is 5.69 Å². The second-order valence-corrected chi connectivity index (χ2v) is 4.99. The Morgan fingerprint density at radius 2 is 1.88 bits per heavy atom. The number of hydrogen-bond acceptors (Lipinski definition) is 2. The number of anilines is 1. The van der Waals surface area contributed by atoms with Crippen LogP contribution in [0.1, 0.15) is 25.0 Å². The third kappa shape index (κ3) is 1.90. The Kier molecular flexibility index (Phi) is 2.87. The van der Waals surface area contributed by atoms with Crippen LogP contribution in [0, 0.1) is 30.1 Å². The molecule has 16 heavy (non-hydrogen) atoms. The topological polar surface area (TPSA) is 27.0 Å². The van der Waals surface area contributed by atoms with Crippen molar-refractivity contribution in [3.63, 3.8) is 0 Å². The molecule has 1 aliphatic rings.